The van der Waals surface area contributed by atoms with Crippen molar-refractivity contribution in [2.24, 2.45) is 7.05 Å². The minimum atomic E-state index is -0.383. The first-order valence-electron chi connectivity index (χ1n) is 11.5. The predicted octanol–water partition coefficient (Wildman–Crippen LogP) is 5.24. The Morgan fingerprint density at radius 2 is 1.68 bits per heavy atom. The normalized spacial score (nSPS) is 11.1. The van der Waals surface area contributed by atoms with Crippen molar-refractivity contribution in [3.63, 3.8) is 0 Å². The number of hydrogen-bond donors (Lipinski definition) is 1. The standard InChI is InChI=1S/C29H25NO7/c1-16-27(21-11-19(35-4)9-10-23(21)30(16)2)25(32)15-36-20-12-24(31)28-26(13-20)37-14-22(29(28)33)17-5-7-18(34-3)8-6-17/h5-14,31H,15H2,1-4H3. The van der Waals surface area contributed by atoms with Gasteiger partial charge < -0.3 is 28.3 Å². The van der Waals surface area contributed by atoms with Crippen LogP contribution in [-0.2, 0) is 7.05 Å². The fraction of sp³-hybridized carbons (Fsp3) is 0.172. The molecule has 2 aromatic heterocycles. The summed E-state index contributed by atoms with van der Waals surface area (Å²) in [6, 6.07) is 15.3. The quantitative estimate of drug-likeness (QED) is 0.306. The number of hydrogen-bond acceptors (Lipinski definition) is 7. The number of ketones is 1. The van der Waals surface area contributed by atoms with Crippen LogP contribution in [0.3, 0.4) is 0 Å². The summed E-state index contributed by atoms with van der Waals surface area (Å²) >= 11 is 0. The van der Waals surface area contributed by atoms with E-state index in [1.54, 1.807) is 38.5 Å². The van der Waals surface area contributed by atoms with Crippen LogP contribution in [0.5, 0.6) is 23.0 Å². The lowest BCUT2D eigenvalue weighted by atomic mass is 10.0. The maximum Gasteiger partial charge on any atom is 0.204 e. The van der Waals surface area contributed by atoms with Crippen LogP contribution in [0.15, 0.2) is 70.1 Å². The molecule has 8 heteroatoms. The van der Waals surface area contributed by atoms with Gasteiger partial charge >= 0.3 is 0 Å². The number of aryl methyl sites for hydroxylation is 1. The van der Waals surface area contributed by atoms with E-state index in [2.05, 4.69) is 0 Å². The number of aromatic nitrogens is 1. The average Bonchev–Trinajstić information content (AvgIpc) is 3.16. The number of benzene rings is 3. The third-order valence-electron chi connectivity index (χ3n) is 6.58. The third kappa shape index (κ3) is 4.16. The number of phenolic OH excluding ortho intramolecular Hbond substituents is 1. The highest BCUT2D eigenvalue weighted by molar-refractivity contribution is 6.10. The van der Waals surface area contributed by atoms with Gasteiger partial charge in [0.2, 0.25) is 11.2 Å². The largest absolute Gasteiger partial charge is 0.507 e. The van der Waals surface area contributed by atoms with E-state index in [1.165, 1.54) is 18.4 Å². The fourth-order valence-corrected chi connectivity index (χ4v) is 4.51. The Kier molecular flexibility index (Phi) is 6.09. The monoisotopic (exact) mass is 499 g/mol. The smallest absolute Gasteiger partial charge is 0.204 e. The lowest BCUT2D eigenvalue weighted by Crippen LogP contribution is -2.13. The second kappa shape index (κ2) is 9.39. The molecule has 0 amide bonds. The van der Waals surface area contributed by atoms with E-state index >= 15 is 0 Å². The molecule has 0 saturated heterocycles. The van der Waals surface area contributed by atoms with Gasteiger partial charge in [-0.15, -0.1) is 0 Å². The molecule has 188 valence electrons. The topological polar surface area (TPSA) is 100 Å². The van der Waals surface area contributed by atoms with Crippen molar-refractivity contribution in [3.8, 4) is 34.1 Å². The number of rotatable bonds is 7. The van der Waals surface area contributed by atoms with E-state index in [1.807, 2.05) is 36.7 Å². The molecule has 8 nitrogen and oxygen atoms in total. The SMILES string of the molecule is COc1ccc(-c2coc3cc(OCC(=O)c4c(C)n(C)c5ccc(OC)cc45)cc(O)c3c2=O)cc1. The first kappa shape index (κ1) is 24.0. The molecule has 0 aliphatic carbocycles. The average molecular weight is 500 g/mol. The Morgan fingerprint density at radius 1 is 0.973 bits per heavy atom. The summed E-state index contributed by atoms with van der Waals surface area (Å²) in [4.78, 5) is 26.3. The van der Waals surface area contributed by atoms with Crippen LogP contribution in [0.4, 0.5) is 0 Å². The minimum absolute atomic E-state index is 0.0315. The van der Waals surface area contributed by atoms with Gasteiger partial charge in [-0.1, -0.05) is 12.1 Å². The van der Waals surface area contributed by atoms with E-state index < -0.39 is 0 Å². The summed E-state index contributed by atoms with van der Waals surface area (Å²) in [5.74, 6) is 0.985. The zero-order valence-electron chi connectivity index (χ0n) is 20.8. The lowest BCUT2D eigenvalue weighted by Gasteiger charge is -2.09. The summed E-state index contributed by atoms with van der Waals surface area (Å²) in [5, 5.41) is 11.5. The van der Waals surface area contributed by atoms with E-state index in [0.29, 0.717) is 28.2 Å². The van der Waals surface area contributed by atoms with Gasteiger partial charge in [0, 0.05) is 41.3 Å². The Bertz CT molecular complexity index is 1710. The Balaban J connectivity index is 1.44. The van der Waals surface area contributed by atoms with Gasteiger partial charge in [0.1, 0.15) is 40.2 Å². The molecule has 1 N–H and O–H groups in total. The second-order valence-corrected chi connectivity index (χ2v) is 8.64. The van der Waals surface area contributed by atoms with Gasteiger partial charge in [0.15, 0.2) is 6.61 Å². The van der Waals surface area contributed by atoms with E-state index in [0.717, 1.165) is 16.6 Å². The second-order valence-electron chi connectivity index (χ2n) is 8.64. The van der Waals surface area contributed by atoms with Gasteiger partial charge in [-0.3, -0.25) is 9.59 Å². The number of carbonyl (C=O) groups excluding carboxylic acids is 1. The molecule has 0 aliphatic rings. The first-order chi connectivity index (χ1) is 17.8. The van der Waals surface area contributed by atoms with Gasteiger partial charge in [-0.2, -0.15) is 0 Å². The molecule has 5 rings (SSSR count). The lowest BCUT2D eigenvalue weighted by molar-refractivity contribution is 0.0922. The zero-order chi connectivity index (χ0) is 26.3. The highest BCUT2D eigenvalue weighted by Gasteiger charge is 2.21. The van der Waals surface area contributed by atoms with Gasteiger partial charge in [0.25, 0.3) is 0 Å². The molecular formula is C29H25NO7. The number of methoxy groups -OCH3 is 2. The highest BCUT2D eigenvalue weighted by atomic mass is 16.5. The number of aromatic hydroxyl groups is 1. The van der Waals surface area contributed by atoms with Crippen molar-refractivity contribution >= 4 is 27.7 Å². The molecule has 5 aromatic rings. The third-order valence-corrected chi connectivity index (χ3v) is 6.58. The van der Waals surface area contributed by atoms with Crippen molar-refractivity contribution in [2.45, 2.75) is 6.92 Å². The molecule has 2 heterocycles. The molecule has 0 aliphatic heterocycles. The fourth-order valence-electron chi connectivity index (χ4n) is 4.51. The number of fused-ring (bicyclic) bond motifs is 2. The van der Waals surface area contributed by atoms with E-state index in [-0.39, 0.29) is 40.3 Å². The van der Waals surface area contributed by atoms with Crippen molar-refractivity contribution in [1.82, 2.24) is 4.57 Å². The van der Waals surface area contributed by atoms with Crippen LogP contribution in [-0.4, -0.2) is 36.3 Å². The van der Waals surface area contributed by atoms with Crippen LogP contribution in [0.25, 0.3) is 33.0 Å². The molecular weight excluding hydrogens is 474 g/mol. The molecule has 0 fully saturated rings. The molecule has 0 atom stereocenters. The van der Waals surface area contributed by atoms with Crippen LogP contribution < -0.4 is 19.6 Å². The van der Waals surface area contributed by atoms with Crippen LogP contribution >= 0.6 is 0 Å². The molecule has 0 radical (unpaired) electrons. The summed E-state index contributed by atoms with van der Waals surface area (Å²) in [7, 11) is 5.03. The van der Waals surface area contributed by atoms with Crippen molar-refractivity contribution in [1.29, 1.82) is 0 Å². The number of phenols is 1. The first-order valence-corrected chi connectivity index (χ1v) is 11.5. The Labute approximate surface area is 212 Å². The molecule has 0 spiro atoms. The molecule has 0 unspecified atom stereocenters. The predicted molar refractivity (Wildman–Crippen MR) is 140 cm³/mol. The number of ether oxygens (including phenoxy) is 3. The van der Waals surface area contributed by atoms with Crippen LogP contribution in [0.2, 0.25) is 0 Å². The van der Waals surface area contributed by atoms with Gasteiger partial charge in [-0.25, -0.2) is 0 Å². The summed E-state index contributed by atoms with van der Waals surface area (Å²) in [6.07, 6.45) is 1.34. The summed E-state index contributed by atoms with van der Waals surface area (Å²) < 4.78 is 23.8. The van der Waals surface area contributed by atoms with Crippen molar-refractivity contribution < 1.29 is 28.5 Å². The number of nitrogens with zero attached hydrogens (tertiary/aromatic N) is 1. The Hall–Kier alpha value is -4.72. The van der Waals surface area contributed by atoms with Crippen LogP contribution in [0.1, 0.15) is 16.1 Å². The summed E-state index contributed by atoms with van der Waals surface area (Å²) in [6.45, 7) is 1.60. The maximum absolute atomic E-state index is 13.2. The number of Topliss-reactive ketones (excluding diaryl/α,β-unsaturated/α-hetero) is 1. The molecule has 0 saturated carbocycles. The van der Waals surface area contributed by atoms with E-state index in [9.17, 15) is 14.7 Å². The molecule has 37 heavy (non-hydrogen) atoms. The zero-order valence-corrected chi connectivity index (χ0v) is 20.8. The van der Waals surface area contributed by atoms with E-state index in [4.69, 9.17) is 18.6 Å². The minimum Gasteiger partial charge on any atom is -0.507 e. The molecule has 3 aromatic carbocycles. The van der Waals surface area contributed by atoms with Gasteiger partial charge in [0.05, 0.1) is 19.8 Å². The number of carbonyl (C=O) groups is 1. The molecule has 0 bridgehead atoms. The van der Waals surface area contributed by atoms with Crippen molar-refractivity contribution in [3.05, 3.63) is 82.3 Å². The van der Waals surface area contributed by atoms with Crippen LogP contribution in [0, 0.1) is 6.92 Å². The Morgan fingerprint density at radius 3 is 2.38 bits per heavy atom. The van der Waals surface area contributed by atoms with Crippen molar-refractivity contribution in [2.75, 3.05) is 20.8 Å². The highest BCUT2D eigenvalue weighted by Crippen LogP contribution is 2.32. The summed E-state index contributed by atoms with van der Waals surface area (Å²) in [5.41, 5.74) is 2.94. The van der Waals surface area contributed by atoms with Gasteiger partial charge in [-0.05, 0) is 42.8 Å². The maximum atomic E-state index is 13.2.